The van der Waals surface area contributed by atoms with Crippen LogP contribution in [0.4, 0.5) is 19.0 Å². The SMILES string of the molecule is COC(=O)C1=C(C)NC(=O)[C@@]1(Nc1ccc(Cl)c[nH+]1)C(F)(F)F. The number of hydrogen-bond donors (Lipinski definition) is 2. The molecule has 6 nitrogen and oxygen atoms in total. The highest BCUT2D eigenvalue weighted by atomic mass is 35.5. The molecule has 23 heavy (non-hydrogen) atoms. The van der Waals surface area contributed by atoms with Gasteiger partial charge < -0.3 is 10.1 Å². The van der Waals surface area contributed by atoms with Crippen molar-refractivity contribution in [2.45, 2.75) is 18.6 Å². The van der Waals surface area contributed by atoms with Crippen LogP contribution in [0.3, 0.4) is 0 Å². The van der Waals surface area contributed by atoms with Crippen LogP contribution >= 0.6 is 11.6 Å². The van der Waals surface area contributed by atoms with E-state index in [4.69, 9.17) is 11.6 Å². The monoisotopic (exact) mass is 350 g/mol. The predicted octanol–water partition coefficient (Wildman–Crippen LogP) is 1.44. The first-order valence-electron chi connectivity index (χ1n) is 6.26. The zero-order chi connectivity index (χ0) is 17.4. The summed E-state index contributed by atoms with van der Waals surface area (Å²) in [5, 5.41) is 4.34. The molecule has 1 aromatic rings. The maximum absolute atomic E-state index is 13.7. The average Bonchev–Trinajstić information content (AvgIpc) is 2.72. The molecule has 1 aliphatic rings. The molecule has 0 spiro atoms. The number of halogens is 4. The summed E-state index contributed by atoms with van der Waals surface area (Å²) >= 11 is 5.66. The summed E-state index contributed by atoms with van der Waals surface area (Å²) in [6.45, 7) is 1.19. The molecule has 1 atom stereocenters. The molecular formula is C13H12ClF3N3O3+. The summed E-state index contributed by atoms with van der Waals surface area (Å²) in [7, 11) is 0.932. The first kappa shape index (κ1) is 17.1. The average molecular weight is 351 g/mol. The van der Waals surface area contributed by atoms with Crippen molar-refractivity contribution in [1.82, 2.24) is 5.32 Å². The number of allylic oxidation sites excluding steroid dienone is 1. The van der Waals surface area contributed by atoms with Crippen LogP contribution in [0.1, 0.15) is 6.92 Å². The number of pyridine rings is 1. The van der Waals surface area contributed by atoms with Crippen molar-refractivity contribution in [3.05, 3.63) is 34.6 Å². The van der Waals surface area contributed by atoms with E-state index < -0.39 is 29.2 Å². The minimum absolute atomic E-state index is 0.155. The molecular weight excluding hydrogens is 339 g/mol. The summed E-state index contributed by atoms with van der Waals surface area (Å²) in [4.78, 5) is 26.4. The Morgan fingerprint density at radius 1 is 1.43 bits per heavy atom. The number of nitrogens with one attached hydrogen (secondary N) is 3. The third-order valence-corrected chi connectivity index (χ3v) is 3.54. The van der Waals surface area contributed by atoms with Gasteiger partial charge in [0.2, 0.25) is 0 Å². The van der Waals surface area contributed by atoms with Crippen molar-refractivity contribution in [3.63, 3.8) is 0 Å². The maximum Gasteiger partial charge on any atom is 0.446 e. The standard InChI is InChI=1S/C13H11ClF3N3O3/c1-6-9(10(21)23-2)12(11(22)19-6,13(15,16)17)20-8-4-3-7(14)5-18-8/h3-5H,1-2H3,(H,18,20)(H,19,22)/p+1/t12-/m1/s1. The van der Waals surface area contributed by atoms with Crippen molar-refractivity contribution in [2.75, 3.05) is 12.4 Å². The van der Waals surface area contributed by atoms with Gasteiger partial charge in [0.1, 0.15) is 11.8 Å². The van der Waals surface area contributed by atoms with Gasteiger partial charge in [-0.1, -0.05) is 11.6 Å². The van der Waals surface area contributed by atoms with Gasteiger partial charge in [-0.25, -0.2) is 15.1 Å². The lowest BCUT2D eigenvalue weighted by Crippen LogP contribution is -2.61. The second kappa shape index (κ2) is 5.73. The van der Waals surface area contributed by atoms with Crippen molar-refractivity contribution in [3.8, 4) is 0 Å². The van der Waals surface area contributed by atoms with Crippen molar-refractivity contribution >= 4 is 29.3 Å². The van der Waals surface area contributed by atoms with Crippen LogP contribution in [0.5, 0.6) is 0 Å². The Balaban J connectivity index is 2.61. The molecule has 0 bridgehead atoms. The molecule has 2 heterocycles. The molecule has 10 heteroatoms. The Bertz CT molecular complexity index is 688. The minimum Gasteiger partial charge on any atom is -0.465 e. The molecule has 0 saturated heterocycles. The second-order valence-electron chi connectivity index (χ2n) is 4.74. The summed E-state index contributed by atoms with van der Waals surface area (Å²) < 4.78 is 45.6. The van der Waals surface area contributed by atoms with E-state index in [9.17, 15) is 22.8 Å². The molecule has 124 valence electrons. The molecule has 0 fully saturated rings. The number of hydrogen-bond acceptors (Lipinski definition) is 4. The van der Waals surface area contributed by atoms with Crippen molar-refractivity contribution in [2.24, 2.45) is 0 Å². The first-order valence-corrected chi connectivity index (χ1v) is 6.64. The number of methoxy groups -OCH3 is 1. The zero-order valence-corrected chi connectivity index (χ0v) is 12.7. The molecule has 0 aromatic carbocycles. The van der Waals surface area contributed by atoms with E-state index in [1.54, 1.807) is 0 Å². The lowest BCUT2D eigenvalue weighted by atomic mass is 9.89. The van der Waals surface area contributed by atoms with Gasteiger partial charge in [-0.3, -0.25) is 4.79 Å². The third-order valence-electron chi connectivity index (χ3n) is 3.30. The maximum atomic E-state index is 13.7. The molecule has 1 aromatic heterocycles. The Hall–Kier alpha value is -2.29. The first-order chi connectivity index (χ1) is 10.6. The van der Waals surface area contributed by atoms with Crippen LogP contribution in [0.25, 0.3) is 0 Å². The van der Waals surface area contributed by atoms with E-state index in [-0.39, 0.29) is 16.5 Å². The van der Waals surface area contributed by atoms with Gasteiger partial charge in [-0.15, -0.1) is 0 Å². The number of carbonyl (C=O) groups is 2. The number of aromatic amines is 1. The van der Waals surface area contributed by atoms with Crippen LogP contribution in [-0.2, 0) is 14.3 Å². The number of amides is 1. The molecule has 3 N–H and O–H groups in total. The van der Waals surface area contributed by atoms with E-state index in [2.05, 4.69) is 15.0 Å². The lowest BCUT2D eigenvalue weighted by molar-refractivity contribution is -0.362. The van der Waals surface area contributed by atoms with Gasteiger partial charge in [0.05, 0.1) is 12.1 Å². The number of aromatic nitrogens is 1. The van der Waals surface area contributed by atoms with Gasteiger partial charge in [-0.05, 0) is 13.0 Å². The highest BCUT2D eigenvalue weighted by Crippen LogP contribution is 2.43. The Morgan fingerprint density at radius 3 is 2.57 bits per heavy atom. The quantitative estimate of drug-likeness (QED) is 0.808. The van der Waals surface area contributed by atoms with Crippen molar-refractivity contribution < 1.29 is 32.5 Å². The molecule has 0 saturated carbocycles. The number of carbonyl (C=O) groups excluding carboxylic acids is 2. The summed E-state index contributed by atoms with van der Waals surface area (Å²) in [5.74, 6) is -2.84. The fourth-order valence-electron chi connectivity index (χ4n) is 2.28. The topological polar surface area (TPSA) is 81.6 Å². The number of alkyl halides is 3. The van der Waals surface area contributed by atoms with Crippen LogP contribution in [0.15, 0.2) is 29.6 Å². The van der Waals surface area contributed by atoms with Gasteiger partial charge in [0.25, 0.3) is 11.7 Å². The summed E-state index contributed by atoms with van der Waals surface area (Å²) in [6.07, 6.45) is -3.87. The third kappa shape index (κ3) is 2.72. The predicted molar refractivity (Wildman–Crippen MR) is 73.3 cm³/mol. The molecule has 0 unspecified atom stereocenters. The smallest absolute Gasteiger partial charge is 0.446 e. The molecule has 2 rings (SSSR count). The zero-order valence-electron chi connectivity index (χ0n) is 12.0. The lowest BCUT2D eigenvalue weighted by Gasteiger charge is -2.27. The van der Waals surface area contributed by atoms with E-state index in [1.807, 2.05) is 5.32 Å². The highest BCUT2D eigenvalue weighted by Gasteiger charge is 2.72. The molecule has 1 amide bonds. The van der Waals surface area contributed by atoms with E-state index in [0.29, 0.717) is 0 Å². The second-order valence-corrected chi connectivity index (χ2v) is 5.18. The number of anilines is 1. The Labute approximate surface area is 133 Å². The van der Waals surface area contributed by atoms with E-state index >= 15 is 0 Å². The van der Waals surface area contributed by atoms with Crippen LogP contribution in [0, 0.1) is 0 Å². The van der Waals surface area contributed by atoms with Crippen LogP contribution < -0.4 is 15.6 Å². The highest BCUT2D eigenvalue weighted by molar-refractivity contribution is 6.30. The molecule has 0 aliphatic carbocycles. The number of rotatable bonds is 3. The van der Waals surface area contributed by atoms with Crippen molar-refractivity contribution in [1.29, 1.82) is 0 Å². The largest absolute Gasteiger partial charge is 0.465 e. The van der Waals surface area contributed by atoms with E-state index in [0.717, 1.165) is 7.11 Å². The fourth-order valence-corrected chi connectivity index (χ4v) is 2.39. The van der Waals surface area contributed by atoms with Crippen LogP contribution in [-0.4, -0.2) is 30.7 Å². The van der Waals surface area contributed by atoms with Gasteiger partial charge in [-0.2, -0.15) is 13.2 Å². The molecule has 0 radical (unpaired) electrons. The number of H-pyrrole nitrogens is 1. The normalized spacial score (nSPS) is 21.2. The fraction of sp³-hybridized carbons (Fsp3) is 0.308. The van der Waals surface area contributed by atoms with E-state index in [1.165, 1.54) is 25.3 Å². The van der Waals surface area contributed by atoms with Gasteiger partial charge in [0, 0.05) is 11.8 Å². The molecule has 1 aliphatic heterocycles. The van der Waals surface area contributed by atoms with Crippen LogP contribution in [0.2, 0.25) is 5.02 Å². The minimum atomic E-state index is -5.11. The summed E-state index contributed by atoms with van der Waals surface area (Å²) in [6, 6.07) is 2.54. The van der Waals surface area contributed by atoms with Gasteiger partial charge >= 0.3 is 17.7 Å². The van der Waals surface area contributed by atoms with Gasteiger partial charge in [0.15, 0.2) is 0 Å². The number of ether oxygens (including phenoxy) is 1. The number of esters is 1. The summed E-state index contributed by atoms with van der Waals surface area (Å²) in [5.41, 5.74) is -4.35. The Morgan fingerprint density at radius 2 is 2.09 bits per heavy atom. The Kier molecular flexibility index (Phi) is 4.25.